The number of hydrogen-bond acceptors (Lipinski definition) is 4. The average Bonchev–Trinajstić information content (AvgIpc) is 2.72. The fraction of sp³-hybridized carbons (Fsp3) is 0.727. The van der Waals surface area contributed by atoms with E-state index >= 15 is 0 Å². The molecule has 6 nitrogen and oxygen atoms in total. The lowest BCUT2D eigenvalue weighted by molar-refractivity contribution is 0.428. The topological polar surface area (TPSA) is 76.0 Å². The largest absolute Gasteiger partial charge is 0.334 e. The Morgan fingerprint density at radius 1 is 1.58 bits per heavy atom. The van der Waals surface area contributed by atoms with Gasteiger partial charge in [0, 0.05) is 25.3 Å². The molecule has 1 aromatic rings. The van der Waals surface area contributed by atoms with Crippen LogP contribution < -0.4 is 10.0 Å². The van der Waals surface area contributed by atoms with Crippen LogP contribution in [-0.2, 0) is 16.6 Å². The first-order chi connectivity index (χ1) is 8.53. The Hall–Kier alpha value is -0.630. The van der Waals surface area contributed by atoms with Gasteiger partial charge in [-0.15, -0.1) is 12.4 Å². The molecule has 0 radical (unpaired) electrons. The molecule has 0 spiro atoms. The molecule has 8 heteroatoms. The lowest BCUT2D eigenvalue weighted by Crippen LogP contribution is -2.45. The quantitative estimate of drug-likeness (QED) is 0.857. The maximum Gasteiger partial charge on any atom is 0.259 e. The zero-order valence-electron chi connectivity index (χ0n) is 11.2. The molecule has 2 N–H and O–H groups in total. The van der Waals surface area contributed by atoms with Gasteiger partial charge in [-0.25, -0.2) is 18.1 Å². The van der Waals surface area contributed by atoms with E-state index < -0.39 is 10.0 Å². The first-order valence-corrected chi connectivity index (χ1v) is 7.78. The van der Waals surface area contributed by atoms with Crippen molar-refractivity contribution in [1.29, 1.82) is 0 Å². The molecule has 0 amide bonds. The molecular formula is C11H21ClN4O2S. The lowest BCUT2D eigenvalue weighted by Gasteiger charge is -2.23. The SMILES string of the molecule is CCn1cc(S(=O)(=O)N[C@H]2CCCNC2)nc1C.Cl. The summed E-state index contributed by atoms with van der Waals surface area (Å²) in [5.41, 5.74) is 0. The molecule has 0 unspecified atom stereocenters. The minimum absolute atomic E-state index is 0. The highest BCUT2D eigenvalue weighted by molar-refractivity contribution is 7.89. The summed E-state index contributed by atoms with van der Waals surface area (Å²) in [6.45, 7) is 6.14. The summed E-state index contributed by atoms with van der Waals surface area (Å²) in [4.78, 5) is 4.11. The molecule has 0 bridgehead atoms. The number of nitrogens with one attached hydrogen (secondary N) is 2. The number of rotatable bonds is 4. The minimum Gasteiger partial charge on any atom is -0.334 e. The van der Waals surface area contributed by atoms with Gasteiger partial charge in [-0.3, -0.25) is 0 Å². The van der Waals surface area contributed by atoms with E-state index in [0.29, 0.717) is 6.54 Å². The van der Waals surface area contributed by atoms with E-state index in [9.17, 15) is 8.42 Å². The molecule has 2 rings (SSSR count). The van der Waals surface area contributed by atoms with E-state index in [0.717, 1.165) is 31.8 Å². The van der Waals surface area contributed by atoms with E-state index in [4.69, 9.17) is 0 Å². The Kier molecular flexibility index (Phi) is 5.79. The second kappa shape index (κ2) is 6.69. The van der Waals surface area contributed by atoms with Crippen molar-refractivity contribution in [2.45, 2.75) is 44.3 Å². The van der Waals surface area contributed by atoms with Crippen LogP contribution in [0.2, 0.25) is 0 Å². The van der Waals surface area contributed by atoms with Crippen LogP contribution in [0.15, 0.2) is 11.2 Å². The van der Waals surface area contributed by atoms with Gasteiger partial charge in [-0.1, -0.05) is 0 Å². The molecule has 0 aliphatic carbocycles. The van der Waals surface area contributed by atoms with Crippen molar-refractivity contribution < 1.29 is 8.42 Å². The van der Waals surface area contributed by atoms with Crippen molar-refractivity contribution in [2.24, 2.45) is 0 Å². The van der Waals surface area contributed by atoms with Crippen LogP contribution in [0.25, 0.3) is 0 Å². The summed E-state index contributed by atoms with van der Waals surface area (Å²) in [5.74, 6) is 0.722. The standard InChI is InChI=1S/C11H20N4O2S.ClH/c1-3-15-8-11(13-9(15)2)18(16,17)14-10-5-4-6-12-7-10;/h8,10,12,14H,3-7H2,1-2H3;1H/t10-;/m0./s1. The fourth-order valence-corrected chi connectivity index (χ4v) is 3.44. The van der Waals surface area contributed by atoms with Gasteiger partial charge in [0.1, 0.15) is 5.82 Å². The highest BCUT2D eigenvalue weighted by Crippen LogP contribution is 2.11. The summed E-state index contributed by atoms with van der Waals surface area (Å²) in [5, 5.41) is 3.30. The van der Waals surface area contributed by atoms with E-state index in [1.165, 1.54) is 0 Å². The first-order valence-electron chi connectivity index (χ1n) is 6.29. The Bertz CT molecular complexity index is 509. The molecule has 0 aromatic carbocycles. The van der Waals surface area contributed by atoms with Crippen molar-refractivity contribution in [1.82, 2.24) is 19.6 Å². The van der Waals surface area contributed by atoms with E-state index in [1.807, 2.05) is 18.4 Å². The molecule has 1 aromatic heterocycles. The predicted octanol–water partition coefficient (Wildman–Crippen LogP) is 0.664. The molecule has 1 aliphatic rings. The van der Waals surface area contributed by atoms with Crippen LogP contribution in [0.5, 0.6) is 0 Å². The average molecular weight is 309 g/mol. The first kappa shape index (κ1) is 16.4. The Labute approximate surface area is 120 Å². The zero-order chi connectivity index (χ0) is 13.2. The molecule has 1 saturated heterocycles. The molecule has 0 saturated carbocycles. The highest BCUT2D eigenvalue weighted by atomic mass is 35.5. The summed E-state index contributed by atoms with van der Waals surface area (Å²) < 4.78 is 28.9. The highest BCUT2D eigenvalue weighted by Gasteiger charge is 2.24. The molecule has 1 fully saturated rings. The number of imidazole rings is 1. The normalized spacial score (nSPS) is 20.0. The molecule has 2 heterocycles. The van der Waals surface area contributed by atoms with Gasteiger partial charge in [0.15, 0.2) is 5.03 Å². The number of halogens is 1. The minimum atomic E-state index is -3.49. The Balaban J connectivity index is 0.00000180. The summed E-state index contributed by atoms with van der Waals surface area (Å²) in [6.07, 6.45) is 3.46. The van der Waals surface area contributed by atoms with Gasteiger partial charge in [0.2, 0.25) is 0 Å². The Morgan fingerprint density at radius 2 is 2.32 bits per heavy atom. The third kappa shape index (κ3) is 3.92. The van der Waals surface area contributed by atoms with E-state index in [-0.39, 0.29) is 23.5 Å². The van der Waals surface area contributed by atoms with Crippen molar-refractivity contribution in [3.63, 3.8) is 0 Å². The molecule has 1 atom stereocenters. The van der Waals surface area contributed by atoms with Crippen LogP contribution in [0.4, 0.5) is 0 Å². The van der Waals surface area contributed by atoms with Crippen LogP contribution in [-0.4, -0.2) is 37.1 Å². The van der Waals surface area contributed by atoms with Crippen molar-refractivity contribution in [3.05, 3.63) is 12.0 Å². The third-order valence-corrected chi connectivity index (χ3v) is 4.58. The number of aromatic nitrogens is 2. The number of sulfonamides is 1. The lowest BCUT2D eigenvalue weighted by atomic mass is 10.1. The van der Waals surface area contributed by atoms with Crippen molar-refractivity contribution >= 4 is 22.4 Å². The van der Waals surface area contributed by atoms with Gasteiger partial charge >= 0.3 is 0 Å². The fourth-order valence-electron chi connectivity index (χ4n) is 2.16. The van der Waals surface area contributed by atoms with Crippen LogP contribution in [0.3, 0.4) is 0 Å². The molecule has 19 heavy (non-hydrogen) atoms. The van der Waals surface area contributed by atoms with Gasteiger partial charge < -0.3 is 9.88 Å². The van der Waals surface area contributed by atoms with E-state index in [2.05, 4.69) is 15.0 Å². The summed E-state index contributed by atoms with van der Waals surface area (Å²) >= 11 is 0. The van der Waals surface area contributed by atoms with Crippen LogP contribution in [0, 0.1) is 6.92 Å². The molecule has 110 valence electrons. The smallest absolute Gasteiger partial charge is 0.259 e. The van der Waals surface area contributed by atoms with Gasteiger partial charge in [0.05, 0.1) is 0 Å². The molecule has 1 aliphatic heterocycles. The predicted molar refractivity (Wildman–Crippen MR) is 76.1 cm³/mol. The summed E-state index contributed by atoms with van der Waals surface area (Å²) in [6, 6.07) is -0.0316. The van der Waals surface area contributed by atoms with Crippen molar-refractivity contribution in [3.8, 4) is 0 Å². The maximum absolute atomic E-state index is 12.2. The zero-order valence-corrected chi connectivity index (χ0v) is 12.9. The van der Waals surface area contributed by atoms with Gasteiger partial charge in [0.25, 0.3) is 10.0 Å². The number of aryl methyl sites for hydroxylation is 2. The second-order valence-electron chi connectivity index (χ2n) is 4.58. The number of hydrogen-bond donors (Lipinski definition) is 2. The third-order valence-electron chi connectivity index (χ3n) is 3.19. The summed E-state index contributed by atoms with van der Waals surface area (Å²) in [7, 11) is -3.49. The molecular weight excluding hydrogens is 288 g/mol. The second-order valence-corrected chi connectivity index (χ2v) is 6.24. The number of piperidine rings is 1. The van der Waals surface area contributed by atoms with Crippen molar-refractivity contribution in [2.75, 3.05) is 13.1 Å². The monoisotopic (exact) mass is 308 g/mol. The maximum atomic E-state index is 12.2. The van der Waals surface area contributed by atoms with E-state index in [1.54, 1.807) is 6.20 Å². The van der Waals surface area contributed by atoms with Crippen LogP contribution >= 0.6 is 12.4 Å². The van der Waals surface area contributed by atoms with Gasteiger partial charge in [-0.2, -0.15) is 0 Å². The van der Waals surface area contributed by atoms with Crippen LogP contribution in [0.1, 0.15) is 25.6 Å². The number of nitrogens with zero attached hydrogens (tertiary/aromatic N) is 2. The van der Waals surface area contributed by atoms with Gasteiger partial charge in [-0.05, 0) is 33.2 Å². The Morgan fingerprint density at radius 3 is 2.84 bits per heavy atom.